The van der Waals surface area contributed by atoms with Crippen LogP contribution in [0.3, 0.4) is 0 Å². The number of nitrogens with zero attached hydrogens (tertiary/aromatic N) is 3. The van der Waals surface area contributed by atoms with Crippen LogP contribution in [0.5, 0.6) is 0 Å². The molecule has 0 aliphatic heterocycles. The molecule has 0 aliphatic rings. The first kappa shape index (κ1) is 16.3. The molecule has 2 aromatic heterocycles. The highest BCUT2D eigenvalue weighted by Crippen LogP contribution is 2.36. The summed E-state index contributed by atoms with van der Waals surface area (Å²) in [5.41, 5.74) is 1.61. The summed E-state index contributed by atoms with van der Waals surface area (Å²) in [4.78, 5) is 19.2. The number of aromatic nitrogens is 2. The van der Waals surface area contributed by atoms with Gasteiger partial charge in [0.05, 0.1) is 10.5 Å². The highest BCUT2D eigenvalue weighted by molar-refractivity contribution is 9.10. The SMILES string of the molecule is O=[N+]([O-])c1cc(Cl)cc2cc(-c3nc4cc(Br)ccc4o3)c(Cl)nc12. The maximum atomic E-state index is 11.2. The van der Waals surface area contributed by atoms with Gasteiger partial charge in [-0.25, -0.2) is 9.97 Å². The molecular formula is C16H6BrCl2N3O3. The summed E-state index contributed by atoms with van der Waals surface area (Å²) >= 11 is 15.6. The third kappa shape index (κ3) is 2.84. The van der Waals surface area contributed by atoms with E-state index in [9.17, 15) is 10.1 Å². The number of fused-ring (bicyclic) bond motifs is 2. The molecule has 9 heteroatoms. The van der Waals surface area contributed by atoms with E-state index in [4.69, 9.17) is 27.6 Å². The number of rotatable bonds is 2. The van der Waals surface area contributed by atoms with Crippen LogP contribution in [0.25, 0.3) is 33.5 Å². The molecule has 0 fully saturated rings. The van der Waals surface area contributed by atoms with Crippen molar-refractivity contribution in [3.63, 3.8) is 0 Å². The van der Waals surface area contributed by atoms with Crippen LogP contribution in [0.1, 0.15) is 0 Å². The molecule has 2 aromatic carbocycles. The second kappa shape index (κ2) is 5.94. The van der Waals surface area contributed by atoms with Crippen LogP contribution in [0.15, 0.2) is 45.3 Å². The molecule has 4 aromatic rings. The number of halogens is 3. The Bertz CT molecular complexity index is 1180. The zero-order valence-corrected chi connectivity index (χ0v) is 15.3. The Hall–Kier alpha value is -2.22. The molecule has 25 heavy (non-hydrogen) atoms. The van der Waals surface area contributed by atoms with Gasteiger partial charge in [-0.05, 0) is 30.3 Å². The predicted octanol–water partition coefficient (Wildman–Crippen LogP) is 6.02. The Balaban J connectivity index is 1.98. The molecule has 0 aliphatic carbocycles. The van der Waals surface area contributed by atoms with Crippen LogP contribution in [-0.4, -0.2) is 14.9 Å². The Labute approximate surface area is 158 Å². The van der Waals surface area contributed by atoms with E-state index >= 15 is 0 Å². The van der Waals surface area contributed by atoms with Crippen LogP contribution < -0.4 is 0 Å². The van der Waals surface area contributed by atoms with Gasteiger partial charge < -0.3 is 4.42 Å². The number of hydrogen-bond donors (Lipinski definition) is 0. The Morgan fingerprint density at radius 1 is 1.12 bits per heavy atom. The second-order valence-corrected chi connectivity index (χ2v) is 6.92. The summed E-state index contributed by atoms with van der Waals surface area (Å²) in [5, 5.41) is 12.0. The molecule has 0 N–H and O–H groups in total. The van der Waals surface area contributed by atoms with E-state index < -0.39 is 4.92 Å². The number of nitro groups is 1. The molecule has 2 heterocycles. The van der Waals surface area contributed by atoms with Crippen LogP contribution >= 0.6 is 39.1 Å². The van der Waals surface area contributed by atoms with Crippen molar-refractivity contribution in [3.05, 3.63) is 61.2 Å². The largest absolute Gasteiger partial charge is 0.436 e. The number of pyridine rings is 1. The lowest BCUT2D eigenvalue weighted by atomic mass is 10.1. The molecular weight excluding hydrogens is 433 g/mol. The number of oxazole rings is 1. The molecule has 0 amide bonds. The third-order valence-electron chi connectivity index (χ3n) is 3.59. The van der Waals surface area contributed by atoms with Gasteiger partial charge in [0.15, 0.2) is 5.58 Å². The summed E-state index contributed by atoms with van der Waals surface area (Å²) in [7, 11) is 0. The normalized spacial score (nSPS) is 11.3. The standard InChI is InChI=1S/C16H6BrCl2N3O3/c17-8-1-2-13-11(5-8)20-16(25-13)10-4-7-3-9(18)6-12(22(23)24)14(7)21-15(10)19/h1-6H. The van der Waals surface area contributed by atoms with Crippen molar-refractivity contribution < 1.29 is 9.34 Å². The molecule has 6 nitrogen and oxygen atoms in total. The first-order valence-electron chi connectivity index (χ1n) is 6.93. The second-order valence-electron chi connectivity index (χ2n) is 5.21. The maximum Gasteiger partial charge on any atom is 0.296 e. The van der Waals surface area contributed by atoms with Crippen molar-refractivity contribution in [2.45, 2.75) is 0 Å². The van der Waals surface area contributed by atoms with E-state index in [1.165, 1.54) is 6.07 Å². The fourth-order valence-electron chi connectivity index (χ4n) is 2.52. The maximum absolute atomic E-state index is 11.2. The molecule has 0 bridgehead atoms. The zero-order chi connectivity index (χ0) is 17.7. The molecule has 4 rings (SSSR count). The molecule has 124 valence electrons. The van der Waals surface area contributed by atoms with Crippen LogP contribution in [0, 0.1) is 10.1 Å². The molecule has 0 saturated heterocycles. The summed E-state index contributed by atoms with van der Waals surface area (Å²) < 4.78 is 6.59. The average molecular weight is 439 g/mol. The molecule has 0 radical (unpaired) electrons. The Morgan fingerprint density at radius 2 is 1.92 bits per heavy atom. The van der Waals surface area contributed by atoms with Crippen molar-refractivity contribution in [2.75, 3.05) is 0 Å². The van der Waals surface area contributed by atoms with E-state index in [-0.39, 0.29) is 27.3 Å². The fourth-order valence-corrected chi connectivity index (χ4v) is 3.31. The highest BCUT2D eigenvalue weighted by atomic mass is 79.9. The lowest BCUT2D eigenvalue weighted by molar-refractivity contribution is -0.383. The van der Waals surface area contributed by atoms with Gasteiger partial charge in [-0.15, -0.1) is 0 Å². The van der Waals surface area contributed by atoms with Crippen LogP contribution in [0.2, 0.25) is 10.2 Å². The van der Waals surface area contributed by atoms with Gasteiger partial charge in [-0.1, -0.05) is 39.1 Å². The van der Waals surface area contributed by atoms with Gasteiger partial charge in [-0.3, -0.25) is 10.1 Å². The summed E-state index contributed by atoms with van der Waals surface area (Å²) in [6.45, 7) is 0. The van der Waals surface area contributed by atoms with E-state index in [0.29, 0.717) is 22.0 Å². The van der Waals surface area contributed by atoms with Crippen LogP contribution in [0.4, 0.5) is 5.69 Å². The monoisotopic (exact) mass is 437 g/mol. The summed E-state index contributed by atoms with van der Waals surface area (Å²) in [6, 6.07) is 9.87. The van der Waals surface area contributed by atoms with E-state index in [1.807, 2.05) is 12.1 Å². The molecule has 0 unspecified atom stereocenters. The van der Waals surface area contributed by atoms with Crippen LogP contribution in [-0.2, 0) is 0 Å². The molecule has 0 atom stereocenters. The summed E-state index contributed by atoms with van der Waals surface area (Å²) in [6.07, 6.45) is 0. The van der Waals surface area contributed by atoms with Crippen molar-refractivity contribution in [1.29, 1.82) is 0 Å². The smallest absolute Gasteiger partial charge is 0.296 e. The molecule has 0 saturated carbocycles. The number of non-ortho nitro benzene ring substituents is 1. The first-order chi connectivity index (χ1) is 11.9. The average Bonchev–Trinajstić information content (AvgIpc) is 2.96. The van der Waals surface area contributed by atoms with Gasteiger partial charge >= 0.3 is 0 Å². The Morgan fingerprint density at radius 3 is 2.68 bits per heavy atom. The molecule has 0 spiro atoms. The van der Waals surface area contributed by atoms with Crippen molar-refractivity contribution in [2.24, 2.45) is 0 Å². The minimum absolute atomic E-state index is 0.0588. The number of nitro benzene ring substituents is 1. The lowest BCUT2D eigenvalue weighted by Gasteiger charge is -2.04. The minimum Gasteiger partial charge on any atom is -0.436 e. The van der Waals surface area contributed by atoms with Gasteiger partial charge in [-0.2, -0.15) is 0 Å². The van der Waals surface area contributed by atoms with Gasteiger partial charge in [0, 0.05) is 20.9 Å². The highest BCUT2D eigenvalue weighted by Gasteiger charge is 2.20. The Kier molecular flexibility index (Phi) is 3.87. The van der Waals surface area contributed by atoms with Gasteiger partial charge in [0.1, 0.15) is 16.2 Å². The van der Waals surface area contributed by atoms with E-state index in [2.05, 4.69) is 25.9 Å². The van der Waals surface area contributed by atoms with Gasteiger partial charge in [0.25, 0.3) is 5.69 Å². The predicted molar refractivity (Wildman–Crippen MR) is 99.1 cm³/mol. The number of benzene rings is 2. The fraction of sp³-hybridized carbons (Fsp3) is 0. The summed E-state index contributed by atoms with van der Waals surface area (Å²) in [5.74, 6) is 0.273. The zero-order valence-electron chi connectivity index (χ0n) is 12.2. The van der Waals surface area contributed by atoms with Crippen molar-refractivity contribution in [3.8, 4) is 11.5 Å². The quantitative estimate of drug-likeness (QED) is 0.217. The van der Waals surface area contributed by atoms with Crippen molar-refractivity contribution >= 4 is 66.8 Å². The minimum atomic E-state index is -0.547. The van der Waals surface area contributed by atoms with E-state index in [1.54, 1.807) is 18.2 Å². The lowest BCUT2D eigenvalue weighted by Crippen LogP contribution is -1.94. The third-order valence-corrected chi connectivity index (χ3v) is 4.59. The number of hydrogen-bond acceptors (Lipinski definition) is 5. The van der Waals surface area contributed by atoms with Gasteiger partial charge in [0.2, 0.25) is 5.89 Å². The van der Waals surface area contributed by atoms with Crippen molar-refractivity contribution in [1.82, 2.24) is 9.97 Å². The van der Waals surface area contributed by atoms with E-state index in [0.717, 1.165) is 4.47 Å². The first-order valence-corrected chi connectivity index (χ1v) is 8.48. The topological polar surface area (TPSA) is 82.1 Å².